The van der Waals surface area contributed by atoms with Crippen molar-refractivity contribution in [2.75, 3.05) is 6.61 Å². The first-order chi connectivity index (χ1) is 7.24. The molecule has 15 heavy (non-hydrogen) atoms. The van der Waals surface area contributed by atoms with Gasteiger partial charge < -0.3 is 4.74 Å². The first-order valence-corrected chi connectivity index (χ1v) is 4.48. The van der Waals surface area contributed by atoms with E-state index in [1.807, 2.05) is 0 Å². The maximum atomic E-state index is 10.8. The molecule has 6 nitrogen and oxygen atoms in total. The van der Waals surface area contributed by atoms with Crippen molar-refractivity contribution in [2.24, 2.45) is 0 Å². The lowest BCUT2D eigenvalue weighted by Gasteiger charge is -1.94. The van der Waals surface area contributed by atoms with Crippen molar-refractivity contribution in [2.45, 2.75) is 6.92 Å². The van der Waals surface area contributed by atoms with E-state index in [1.165, 1.54) is 4.52 Å². The Hall–Kier alpha value is -2.11. The van der Waals surface area contributed by atoms with Crippen molar-refractivity contribution < 1.29 is 9.66 Å². The molecule has 0 atom stereocenters. The van der Waals surface area contributed by atoms with Gasteiger partial charge in [-0.1, -0.05) is 6.07 Å². The Morgan fingerprint density at radius 1 is 1.60 bits per heavy atom. The number of ether oxygens (including phenoxy) is 1. The first-order valence-electron chi connectivity index (χ1n) is 4.48. The molecule has 0 aromatic carbocycles. The van der Waals surface area contributed by atoms with E-state index in [0.29, 0.717) is 12.1 Å². The molecule has 0 N–H and O–H groups in total. The fourth-order valence-electron chi connectivity index (χ4n) is 1.37. The summed E-state index contributed by atoms with van der Waals surface area (Å²) in [6, 6.07) is 5.10. The van der Waals surface area contributed by atoms with Crippen molar-refractivity contribution in [1.82, 2.24) is 9.61 Å². The summed E-state index contributed by atoms with van der Waals surface area (Å²) in [7, 11) is 0. The van der Waals surface area contributed by atoms with Crippen molar-refractivity contribution in [3.05, 3.63) is 34.5 Å². The largest absolute Gasteiger partial charge is 0.472 e. The topological polar surface area (TPSA) is 69.7 Å². The van der Waals surface area contributed by atoms with Crippen molar-refractivity contribution in [3.63, 3.8) is 0 Å². The maximum absolute atomic E-state index is 10.8. The van der Waals surface area contributed by atoms with E-state index in [0.717, 1.165) is 0 Å². The van der Waals surface area contributed by atoms with Gasteiger partial charge >= 0.3 is 11.6 Å². The molecule has 0 aliphatic rings. The molecule has 0 bridgehead atoms. The molecule has 0 radical (unpaired) electrons. The third kappa shape index (κ3) is 1.50. The zero-order valence-electron chi connectivity index (χ0n) is 8.08. The van der Waals surface area contributed by atoms with E-state index in [4.69, 9.17) is 4.74 Å². The fraction of sp³-hybridized carbons (Fsp3) is 0.222. The van der Waals surface area contributed by atoms with Crippen molar-refractivity contribution >= 4 is 11.2 Å². The SMILES string of the molecule is CCOc1nn2ccccc2c1[N+](=O)[O-]. The number of nitrogens with zero attached hydrogens (tertiary/aromatic N) is 3. The molecule has 2 heterocycles. The van der Waals surface area contributed by atoms with Gasteiger partial charge in [-0.05, 0) is 19.1 Å². The summed E-state index contributed by atoms with van der Waals surface area (Å²) in [4.78, 5) is 10.4. The van der Waals surface area contributed by atoms with Gasteiger partial charge in [0, 0.05) is 6.20 Å². The Balaban J connectivity index is 2.69. The molecule has 0 saturated carbocycles. The number of hydrogen-bond acceptors (Lipinski definition) is 4. The average Bonchev–Trinajstić information content (AvgIpc) is 2.56. The number of nitro groups is 1. The van der Waals surface area contributed by atoms with Gasteiger partial charge in [-0.15, -0.1) is 5.10 Å². The molecule has 6 heteroatoms. The van der Waals surface area contributed by atoms with Crippen LogP contribution in [0.4, 0.5) is 5.69 Å². The van der Waals surface area contributed by atoms with Gasteiger partial charge in [-0.2, -0.15) is 0 Å². The molecular weight excluding hydrogens is 198 g/mol. The van der Waals surface area contributed by atoms with Crippen LogP contribution in [-0.2, 0) is 0 Å². The van der Waals surface area contributed by atoms with E-state index in [2.05, 4.69) is 5.10 Å². The number of aromatic nitrogens is 2. The molecule has 0 spiro atoms. The average molecular weight is 207 g/mol. The number of rotatable bonds is 3. The lowest BCUT2D eigenvalue weighted by molar-refractivity contribution is -0.384. The number of pyridine rings is 1. The fourth-order valence-corrected chi connectivity index (χ4v) is 1.37. The van der Waals surface area contributed by atoms with E-state index in [1.54, 1.807) is 31.3 Å². The molecule has 0 aliphatic heterocycles. The predicted octanol–water partition coefficient (Wildman–Crippen LogP) is 1.64. The third-order valence-electron chi connectivity index (χ3n) is 1.95. The highest BCUT2D eigenvalue weighted by atomic mass is 16.6. The first kappa shape index (κ1) is 9.45. The third-order valence-corrected chi connectivity index (χ3v) is 1.95. The van der Waals surface area contributed by atoms with Crippen LogP contribution in [0.15, 0.2) is 24.4 Å². The summed E-state index contributed by atoms with van der Waals surface area (Å²) < 4.78 is 6.54. The van der Waals surface area contributed by atoms with Crippen LogP contribution in [-0.4, -0.2) is 21.1 Å². The number of hydrogen-bond donors (Lipinski definition) is 0. The normalized spacial score (nSPS) is 10.5. The van der Waals surface area contributed by atoms with Crippen LogP contribution >= 0.6 is 0 Å². The van der Waals surface area contributed by atoms with E-state index >= 15 is 0 Å². The standard InChI is InChI=1S/C9H9N3O3/c1-2-15-9-8(12(13)14)7-5-3-4-6-11(7)10-9/h3-6H,2H2,1H3. The summed E-state index contributed by atoms with van der Waals surface area (Å²) in [6.07, 6.45) is 1.64. The smallest absolute Gasteiger partial charge is 0.357 e. The van der Waals surface area contributed by atoms with Gasteiger partial charge in [0.15, 0.2) is 0 Å². The Kier molecular flexibility index (Phi) is 2.24. The van der Waals surface area contributed by atoms with Crippen LogP contribution in [0.25, 0.3) is 5.52 Å². The molecule has 0 unspecified atom stereocenters. The molecule has 0 aliphatic carbocycles. The highest BCUT2D eigenvalue weighted by molar-refractivity contribution is 5.69. The Morgan fingerprint density at radius 2 is 2.40 bits per heavy atom. The second-order valence-electron chi connectivity index (χ2n) is 2.87. The second kappa shape index (κ2) is 3.56. The Bertz CT molecular complexity index is 506. The summed E-state index contributed by atoms with van der Waals surface area (Å²) in [5, 5.41) is 14.8. The van der Waals surface area contributed by atoms with E-state index in [-0.39, 0.29) is 11.6 Å². The summed E-state index contributed by atoms with van der Waals surface area (Å²) >= 11 is 0. The van der Waals surface area contributed by atoms with Gasteiger partial charge in [-0.3, -0.25) is 10.1 Å². The lowest BCUT2D eigenvalue weighted by atomic mass is 10.3. The minimum absolute atomic E-state index is 0.0636. The highest BCUT2D eigenvalue weighted by Gasteiger charge is 2.23. The maximum Gasteiger partial charge on any atom is 0.357 e. The van der Waals surface area contributed by atoms with Gasteiger partial charge in [0.05, 0.1) is 11.5 Å². The predicted molar refractivity (Wildman–Crippen MR) is 53.0 cm³/mol. The van der Waals surface area contributed by atoms with Crippen LogP contribution in [0.2, 0.25) is 0 Å². The van der Waals surface area contributed by atoms with Crippen LogP contribution in [0, 0.1) is 10.1 Å². The molecule has 0 fully saturated rings. The van der Waals surface area contributed by atoms with Gasteiger partial charge in [-0.25, -0.2) is 4.52 Å². The molecule has 2 aromatic heterocycles. The Labute approximate surface area is 85.2 Å². The molecule has 0 saturated heterocycles. The quantitative estimate of drug-likeness (QED) is 0.566. The van der Waals surface area contributed by atoms with Gasteiger partial charge in [0.2, 0.25) is 0 Å². The Morgan fingerprint density at radius 3 is 3.07 bits per heavy atom. The highest BCUT2D eigenvalue weighted by Crippen LogP contribution is 2.30. The zero-order chi connectivity index (χ0) is 10.8. The monoisotopic (exact) mass is 207 g/mol. The molecular formula is C9H9N3O3. The van der Waals surface area contributed by atoms with Crippen molar-refractivity contribution in [3.8, 4) is 5.88 Å². The van der Waals surface area contributed by atoms with Crippen LogP contribution in [0.5, 0.6) is 5.88 Å². The molecule has 0 amide bonds. The summed E-state index contributed by atoms with van der Waals surface area (Å²) in [5.74, 6) is 0.0636. The van der Waals surface area contributed by atoms with Crippen LogP contribution in [0.1, 0.15) is 6.92 Å². The summed E-state index contributed by atoms with van der Waals surface area (Å²) in [6.45, 7) is 2.11. The van der Waals surface area contributed by atoms with Gasteiger partial charge in [0.1, 0.15) is 5.52 Å². The minimum atomic E-state index is -0.479. The zero-order valence-corrected chi connectivity index (χ0v) is 8.08. The van der Waals surface area contributed by atoms with Crippen LogP contribution < -0.4 is 4.74 Å². The number of fused-ring (bicyclic) bond motifs is 1. The van der Waals surface area contributed by atoms with Crippen LogP contribution in [0.3, 0.4) is 0 Å². The lowest BCUT2D eigenvalue weighted by Crippen LogP contribution is -1.95. The second-order valence-corrected chi connectivity index (χ2v) is 2.87. The van der Waals surface area contributed by atoms with E-state index < -0.39 is 4.92 Å². The molecule has 2 rings (SSSR count). The van der Waals surface area contributed by atoms with Gasteiger partial charge in [0.25, 0.3) is 0 Å². The minimum Gasteiger partial charge on any atom is -0.472 e. The molecule has 2 aromatic rings. The molecule has 78 valence electrons. The summed E-state index contributed by atoms with van der Waals surface area (Å²) in [5.41, 5.74) is 0.350. The van der Waals surface area contributed by atoms with E-state index in [9.17, 15) is 10.1 Å². The van der Waals surface area contributed by atoms with Crippen molar-refractivity contribution in [1.29, 1.82) is 0 Å².